The Labute approximate surface area is 87.6 Å². The molecule has 14 heavy (non-hydrogen) atoms. The fourth-order valence-electron chi connectivity index (χ4n) is 2.11. The minimum Gasteiger partial charge on any atom is -0.342 e. The van der Waals surface area contributed by atoms with E-state index in [0.717, 1.165) is 19.4 Å². The quantitative estimate of drug-likeness (QED) is 0.657. The zero-order chi connectivity index (χ0) is 10.2. The summed E-state index contributed by atoms with van der Waals surface area (Å²) >= 11 is 1.20. The number of rotatable bonds is 1. The van der Waals surface area contributed by atoms with E-state index in [1.54, 1.807) is 11.2 Å². The minimum atomic E-state index is 0.0149. The molecule has 1 saturated carbocycles. The van der Waals surface area contributed by atoms with Crippen LogP contribution in [-0.2, 0) is 0 Å². The topological polar surface area (TPSA) is 56.1 Å². The van der Waals surface area contributed by atoms with Crippen LogP contribution in [0.25, 0.3) is 0 Å². The lowest BCUT2D eigenvalue weighted by atomic mass is 10.0. The average molecular weight is 211 g/mol. The van der Waals surface area contributed by atoms with Crippen LogP contribution in [0, 0.1) is 16.9 Å². The molecule has 5 heteroatoms. The first-order valence-electron chi connectivity index (χ1n) is 4.69. The summed E-state index contributed by atoms with van der Waals surface area (Å²) in [6, 6.07) is 0.182. The van der Waals surface area contributed by atoms with Crippen LogP contribution in [0.3, 0.4) is 0 Å². The number of nitrogens with one attached hydrogen (secondary N) is 1. The molecule has 76 valence electrons. The number of amides is 1. The van der Waals surface area contributed by atoms with Crippen LogP contribution in [0.4, 0.5) is 4.79 Å². The van der Waals surface area contributed by atoms with E-state index in [1.165, 1.54) is 11.8 Å². The van der Waals surface area contributed by atoms with Crippen molar-refractivity contribution in [3.05, 3.63) is 0 Å². The Morgan fingerprint density at radius 1 is 1.71 bits per heavy atom. The van der Waals surface area contributed by atoms with Crippen LogP contribution >= 0.6 is 11.8 Å². The second-order valence-electron chi connectivity index (χ2n) is 4.03. The van der Waals surface area contributed by atoms with Crippen LogP contribution in [0.15, 0.2) is 0 Å². The predicted molar refractivity (Wildman–Crippen MR) is 54.7 cm³/mol. The molecule has 4 nitrogen and oxygen atoms in total. The standard InChI is InChI=1S/C9H13N3OS/c1-14-8(13)11-7-4-12(6-10)5-9(7)2-3-9/h7H,2-5H2,1H3,(H,11,13). The molecule has 0 aromatic carbocycles. The van der Waals surface area contributed by atoms with E-state index in [0.29, 0.717) is 6.54 Å². The van der Waals surface area contributed by atoms with Gasteiger partial charge in [0.1, 0.15) is 0 Å². The normalized spacial score (nSPS) is 27.4. The van der Waals surface area contributed by atoms with Crippen LogP contribution in [0.1, 0.15) is 12.8 Å². The Hall–Kier alpha value is -0.890. The van der Waals surface area contributed by atoms with Gasteiger partial charge in [0.25, 0.3) is 5.24 Å². The van der Waals surface area contributed by atoms with Gasteiger partial charge in [-0.15, -0.1) is 0 Å². The average Bonchev–Trinajstić information content (AvgIpc) is 2.87. The third-order valence-electron chi connectivity index (χ3n) is 3.16. The van der Waals surface area contributed by atoms with E-state index in [9.17, 15) is 4.79 Å². The molecule has 2 rings (SSSR count). The molecule has 1 aliphatic heterocycles. The maximum absolute atomic E-state index is 11.2. The van der Waals surface area contributed by atoms with Crippen molar-refractivity contribution in [2.75, 3.05) is 19.3 Å². The van der Waals surface area contributed by atoms with Gasteiger partial charge in [0.05, 0.1) is 6.04 Å². The van der Waals surface area contributed by atoms with Crippen LogP contribution in [0.5, 0.6) is 0 Å². The number of likely N-dealkylation sites (tertiary alicyclic amines) is 1. The number of carbonyl (C=O) groups is 1. The van der Waals surface area contributed by atoms with E-state index in [4.69, 9.17) is 5.26 Å². The Kier molecular flexibility index (Phi) is 2.31. The summed E-state index contributed by atoms with van der Waals surface area (Å²) in [7, 11) is 0. The van der Waals surface area contributed by atoms with Gasteiger partial charge in [0.15, 0.2) is 6.19 Å². The molecule has 1 aliphatic carbocycles. The van der Waals surface area contributed by atoms with Gasteiger partial charge in [0.2, 0.25) is 0 Å². The molecule has 1 unspecified atom stereocenters. The molecule has 0 aromatic rings. The molecule has 2 aliphatic rings. The molecule has 0 aromatic heterocycles. The molecule has 1 saturated heterocycles. The Balaban J connectivity index is 1.99. The number of hydrogen-bond acceptors (Lipinski definition) is 4. The van der Waals surface area contributed by atoms with E-state index in [-0.39, 0.29) is 16.7 Å². The second kappa shape index (κ2) is 3.35. The Morgan fingerprint density at radius 2 is 2.43 bits per heavy atom. The molecule has 1 atom stereocenters. The largest absolute Gasteiger partial charge is 0.342 e. The Bertz CT molecular complexity index is 295. The van der Waals surface area contributed by atoms with Crippen LogP contribution in [-0.4, -0.2) is 35.5 Å². The molecule has 2 fully saturated rings. The monoisotopic (exact) mass is 211 g/mol. The first-order valence-corrected chi connectivity index (χ1v) is 5.92. The highest BCUT2D eigenvalue weighted by Gasteiger charge is 2.55. The lowest BCUT2D eigenvalue weighted by molar-refractivity contribution is 0.254. The van der Waals surface area contributed by atoms with Crippen molar-refractivity contribution in [1.82, 2.24) is 10.2 Å². The zero-order valence-corrected chi connectivity index (χ0v) is 8.93. The van der Waals surface area contributed by atoms with Crippen molar-refractivity contribution in [3.8, 4) is 6.19 Å². The van der Waals surface area contributed by atoms with Gasteiger partial charge in [-0.05, 0) is 19.1 Å². The number of thioether (sulfide) groups is 1. The highest BCUT2D eigenvalue weighted by molar-refractivity contribution is 8.12. The maximum atomic E-state index is 11.2. The van der Waals surface area contributed by atoms with Gasteiger partial charge in [-0.1, -0.05) is 11.8 Å². The fourth-order valence-corrected chi connectivity index (χ4v) is 2.37. The number of carbonyl (C=O) groups excluding carboxylic acids is 1. The van der Waals surface area contributed by atoms with Gasteiger partial charge < -0.3 is 10.2 Å². The minimum absolute atomic E-state index is 0.0149. The predicted octanol–water partition coefficient (Wildman–Crippen LogP) is 1.00. The Morgan fingerprint density at radius 3 is 2.93 bits per heavy atom. The summed E-state index contributed by atoms with van der Waals surface area (Å²) in [6.45, 7) is 1.51. The highest BCUT2D eigenvalue weighted by atomic mass is 32.2. The molecule has 1 N–H and O–H groups in total. The molecule has 0 bridgehead atoms. The molecular formula is C9H13N3OS. The first-order chi connectivity index (χ1) is 6.70. The number of hydrogen-bond donors (Lipinski definition) is 1. The number of nitrogens with zero attached hydrogens (tertiary/aromatic N) is 2. The van der Waals surface area contributed by atoms with Gasteiger partial charge in [-0.3, -0.25) is 4.79 Å². The zero-order valence-electron chi connectivity index (χ0n) is 8.12. The van der Waals surface area contributed by atoms with Crippen molar-refractivity contribution in [3.63, 3.8) is 0 Å². The highest BCUT2D eigenvalue weighted by Crippen LogP contribution is 2.52. The van der Waals surface area contributed by atoms with Gasteiger partial charge >= 0.3 is 0 Å². The van der Waals surface area contributed by atoms with Gasteiger partial charge in [-0.25, -0.2) is 0 Å². The third-order valence-corrected chi connectivity index (χ3v) is 3.65. The van der Waals surface area contributed by atoms with E-state index in [2.05, 4.69) is 11.5 Å². The van der Waals surface area contributed by atoms with Crippen molar-refractivity contribution < 1.29 is 4.79 Å². The van der Waals surface area contributed by atoms with Gasteiger partial charge in [0, 0.05) is 18.5 Å². The lowest BCUT2D eigenvalue weighted by Gasteiger charge is -2.16. The summed E-state index contributed by atoms with van der Waals surface area (Å²) in [6.07, 6.45) is 6.21. The summed E-state index contributed by atoms with van der Waals surface area (Å²) in [5.41, 5.74) is 0.223. The summed E-state index contributed by atoms with van der Waals surface area (Å²) in [5, 5.41) is 11.8. The van der Waals surface area contributed by atoms with Gasteiger partial charge in [-0.2, -0.15) is 5.26 Å². The molecule has 0 radical (unpaired) electrons. The van der Waals surface area contributed by atoms with Crippen molar-refractivity contribution in [1.29, 1.82) is 5.26 Å². The molecule has 1 spiro atoms. The maximum Gasteiger partial charge on any atom is 0.279 e. The van der Waals surface area contributed by atoms with E-state index < -0.39 is 0 Å². The lowest BCUT2D eigenvalue weighted by Crippen LogP contribution is -2.39. The van der Waals surface area contributed by atoms with Crippen molar-refractivity contribution in [2.24, 2.45) is 5.41 Å². The van der Waals surface area contributed by atoms with E-state index in [1.807, 2.05) is 0 Å². The fraction of sp³-hybridized carbons (Fsp3) is 0.778. The SMILES string of the molecule is CSC(=O)NC1CN(C#N)CC12CC2. The summed E-state index contributed by atoms with van der Waals surface area (Å²) in [4.78, 5) is 13.0. The van der Waals surface area contributed by atoms with Crippen LogP contribution in [0.2, 0.25) is 0 Å². The second-order valence-corrected chi connectivity index (χ2v) is 4.81. The molecular weight excluding hydrogens is 198 g/mol. The molecule has 1 heterocycles. The third kappa shape index (κ3) is 1.55. The van der Waals surface area contributed by atoms with Crippen molar-refractivity contribution >= 4 is 17.0 Å². The number of nitriles is 1. The summed E-state index contributed by atoms with van der Waals surface area (Å²) < 4.78 is 0. The smallest absolute Gasteiger partial charge is 0.279 e. The van der Waals surface area contributed by atoms with Crippen molar-refractivity contribution in [2.45, 2.75) is 18.9 Å². The first kappa shape index (κ1) is 9.66. The van der Waals surface area contributed by atoms with E-state index >= 15 is 0 Å². The molecule has 1 amide bonds. The summed E-state index contributed by atoms with van der Waals surface area (Å²) in [5.74, 6) is 0. The van der Waals surface area contributed by atoms with Crippen LogP contribution < -0.4 is 5.32 Å².